The van der Waals surface area contributed by atoms with Crippen molar-refractivity contribution in [3.8, 4) is 6.07 Å². The van der Waals surface area contributed by atoms with Crippen LogP contribution in [0.15, 0.2) is 30.3 Å². The van der Waals surface area contributed by atoms with E-state index in [1.165, 1.54) is 6.07 Å². The Labute approximate surface area is 230 Å². The normalized spacial score (nSPS) is 17.9. The van der Waals surface area contributed by atoms with Crippen LogP contribution in [-0.4, -0.2) is 65.8 Å². The topological polar surface area (TPSA) is 134 Å². The van der Waals surface area contributed by atoms with Crippen LogP contribution in [0.3, 0.4) is 0 Å². The standard InChI is InChI=1S/C27H32F3N7O3/c28-27(29,30)25-34-22(36-14-9-19(10-15-36)8-12-33-26(39)40)16-23(35-25)37-13-1-2-21(37)24(38)32-11-7-18-3-5-20(17-31)6-4-18/h3-6,16,19,21,33H,1-2,7-15H2,(H,32,38)(H,39,40). The van der Waals surface area contributed by atoms with Crippen LogP contribution in [0.4, 0.5) is 29.6 Å². The number of hydrogen-bond acceptors (Lipinski definition) is 7. The zero-order chi connectivity index (χ0) is 28.7. The third-order valence-corrected chi connectivity index (χ3v) is 7.37. The van der Waals surface area contributed by atoms with Gasteiger partial charge in [0.25, 0.3) is 0 Å². The van der Waals surface area contributed by atoms with Gasteiger partial charge in [-0.3, -0.25) is 4.79 Å². The number of nitrogens with zero attached hydrogens (tertiary/aromatic N) is 5. The van der Waals surface area contributed by atoms with E-state index < -0.39 is 24.1 Å². The van der Waals surface area contributed by atoms with Crippen LogP contribution in [-0.2, 0) is 17.4 Å². The molecule has 0 bridgehead atoms. The lowest BCUT2D eigenvalue weighted by Crippen LogP contribution is -2.44. The Balaban J connectivity index is 1.42. The van der Waals surface area contributed by atoms with E-state index in [2.05, 4.69) is 26.7 Å². The van der Waals surface area contributed by atoms with Gasteiger partial charge in [0.1, 0.15) is 17.7 Å². The zero-order valence-electron chi connectivity index (χ0n) is 22.0. The SMILES string of the molecule is N#Cc1ccc(CCNC(=O)C2CCCN2c2cc(N3CCC(CCNC(=O)O)CC3)nc(C(F)(F)F)n2)cc1. The smallest absolute Gasteiger partial charge is 0.451 e. The van der Waals surface area contributed by atoms with E-state index in [1.807, 2.05) is 12.1 Å². The lowest BCUT2D eigenvalue weighted by atomic mass is 9.93. The molecule has 2 aromatic rings. The number of carbonyl (C=O) groups is 2. The number of alkyl halides is 3. The van der Waals surface area contributed by atoms with Crippen molar-refractivity contribution in [2.45, 2.75) is 50.7 Å². The van der Waals surface area contributed by atoms with E-state index in [0.717, 1.165) is 5.56 Å². The zero-order valence-corrected chi connectivity index (χ0v) is 22.0. The number of halogens is 3. The molecule has 2 amide bonds. The Morgan fingerprint density at radius 2 is 1.73 bits per heavy atom. The van der Waals surface area contributed by atoms with E-state index in [-0.39, 0.29) is 23.5 Å². The van der Waals surface area contributed by atoms with Crippen molar-refractivity contribution >= 4 is 23.6 Å². The van der Waals surface area contributed by atoms with Crippen molar-refractivity contribution < 1.29 is 27.9 Å². The van der Waals surface area contributed by atoms with Gasteiger partial charge in [0.15, 0.2) is 0 Å². The summed E-state index contributed by atoms with van der Waals surface area (Å²) in [6.45, 7) is 2.08. The molecule has 0 radical (unpaired) electrons. The van der Waals surface area contributed by atoms with Crippen LogP contribution in [0.2, 0.25) is 0 Å². The van der Waals surface area contributed by atoms with E-state index in [0.29, 0.717) is 76.8 Å². The van der Waals surface area contributed by atoms with Gasteiger partial charge in [-0.25, -0.2) is 14.8 Å². The van der Waals surface area contributed by atoms with Gasteiger partial charge in [0.05, 0.1) is 11.6 Å². The highest BCUT2D eigenvalue weighted by Gasteiger charge is 2.38. The minimum absolute atomic E-state index is 0.0786. The van der Waals surface area contributed by atoms with E-state index in [4.69, 9.17) is 10.4 Å². The molecule has 2 aliphatic rings. The van der Waals surface area contributed by atoms with Gasteiger partial charge in [0.2, 0.25) is 11.7 Å². The third kappa shape index (κ3) is 7.52. The number of benzene rings is 1. The van der Waals surface area contributed by atoms with E-state index in [1.54, 1.807) is 21.9 Å². The molecular weight excluding hydrogens is 527 g/mol. The highest BCUT2D eigenvalue weighted by molar-refractivity contribution is 5.85. The number of hydrogen-bond donors (Lipinski definition) is 3. The summed E-state index contributed by atoms with van der Waals surface area (Å²) in [7, 11) is 0. The molecule has 0 saturated carbocycles. The number of carboxylic acid groups (broad SMARTS) is 1. The number of carbonyl (C=O) groups excluding carboxylic acids is 1. The highest BCUT2D eigenvalue weighted by Crippen LogP contribution is 2.34. The Kier molecular flexibility index (Phi) is 9.29. The average molecular weight is 560 g/mol. The summed E-state index contributed by atoms with van der Waals surface area (Å²) in [5, 5.41) is 22.9. The fraction of sp³-hybridized carbons (Fsp3) is 0.519. The lowest BCUT2D eigenvalue weighted by Gasteiger charge is -2.34. The minimum atomic E-state index is -4.75. The molecule has 1 aromatic carbocycles. The summed E-state index contributed by atoms with van der Waals surface area (Å²) in [6.07, 6.45) is -2.05. The molecule has 3 N–H and O–H groups in total. The molecule has 10 nitrogen and oxygen atoms in total. The van der Waals surface area contributed by atoms with Gasteiger partial charge in [-0.2, -0.15) is 18.4 Å². The van der Waals surface area contributed by atoms with E-state index in [9.17, 15) is 22.8 Å². The van der Waals surface area contributed by atoms with Crippen LogP contribution in [0.1, 0.15) is 49.1 Å². The summed E-state index contributed by atoms with van der Waals surface area (Å²) in [5.41, 5.74) is 1.51. The van der Waals surface area contributed by atoms with Crippen molar-refractivity contribution in [2.24, 2.45) is 5.92 Å². The number of nitriles is 1. The first-order valence-corrected chi connectivity index (χ1v) is 13.4. The number of amides is 2. The number of nitrogens with one attached hydrogen (secondary N) is 2. The fourth-order valence-electron chi connectivity index (χ4n) is 5.20. The molecule has 1 aromatic heterocycles. The molecule has 0 aliphatic carbocycles. The van der Waals surface area contributed by atoms with Crippen LogP contribution in [0.25, 0.3) is 0 Å². The molecule has 214 valence electrons. The lowest BCUT2D eigenvalue weighted by molar-refractivity contribution is -0.144. The largest absolute Gasteiger partial charge is 0.465 e. The minimum Gasteiger partial charge on any atom is -0.465 e. The Morgan fingerprint density at radius 1 is 1.02 bits per heavy atom. The van der Waals surface area contributed by atoms with Gasteiger partial charge in [0, 0.05) is 38.8 Å². The van der Waals surface area contributed by atoms with Crippen LogP contribution in [0, 0.1) is 17.2 Å². The first kappa shape index (κ1) is 28.9. The highest BCUT2D eigenvalue weighted by atomic mass is 19.4. The summed E-state index contributed by atoms with van der Waals surface area (Å²) in [5.74, 6) is -0.987. The number of anilines is 2. The molecule has 2 aliphatic heterocycles. The quantitative estimate of drug-likeness (QED) is 0.425. The maximum absolute atomic E-state index is 13.8. The molecule has 40 heavy (non-hydrogen) atoms. The Bertz CT molecular complexity index is 1230. The van der Waals surface area contributed by atoms with Gasteiger partial charge >= 0.3 is 12.3 Å². The molecule has 13 heteroatoms. The number of piperidine rings is 1. The average Bonchev–Trinajstić information content (AvgIpc) is 3.43. The second-order valence-corrected chi connectivity index (χ2v) is 10.1. The van der Waals surface area contributed by atoms with E-state index >= 15 is 0 Å². The molecule has 4 rings (SSSR count). The summed E-state index contributed by atoms with van der Waals surface area (Å²) in [4.78, 5) is 34.8. The van der Waals surface area contributed by atoms with Crippen molar-refractivity contribution in [3.05, 3.63) is 47.3 Å². The van der Waals surface area contributed by atoms with Crippen LogP contribution < -0.4 is 20.4 Å². The molecule has 3 heterocycles. The van der Waals surface area contributed by atoms with Crippen molar-refractivity contribution in [1.82, 2.24) is 20.6 Å². The molecule has 2 fully saturated rings. The predicted octanol–water partition coefficient (Wildman–Crippen LogP) is 3.57. The Morgan fingerprint density at radius 3 is 2.38 bits per heavy atom. The molecule has 2 saturated heterocycles. The second-order valence-electron chi connectivity index (χ2n) is 10.1. The number of aromatic nitrogens is 2. The monoisotopic (exact) mass is 559 g/mol. The van der Waals surface area contributed by atoms with Crippen molar-refractivity contribution in [1.29, 1.82) is 5.26 Å². The Hall–Kier alpha value is -4.08. The molecule has 0 spiro atoms. The predicted molar refractivity (Wildman–Crippen MR) is 141 cm³/mol. The first-order valence-electron chi connectivity index (χ1n) is 13.4. The van der Waals surface area contributed by atoms with Crippen LogP contribution in [0.5, 0.6) is 0 Å². The molecule has 1 atom stereocenters. The summed E-state index contributed by atoms with van der Waals surface area (Å²) < 4.78 is 41.4. The first-order chi connectivity index (χ1) is 19.1. The summed E-state index contributed by atoms with van der Waals surface area (Å²) in [6, 6.07) is 10.0. The molecule has 1 unspecified atom stereocenters. The van der Waals surface area contributed by atoms with Crippen molar-refractivity contribution in [2.75, 3.05) is 42.5 Å². The van der Waals surface area contributed by atoms with Crippen LogP contribution >= 0.6 is 0 Å². The van der Waals surface area contributed by atoms with Crippen molar-refractivity contribution in [3.63, 3.8) is 0 Å². The maximum atomic E-state index is 13.8. The fourth-order valence-corrected chi connectivity index (χ4v) is 5.20. The molecular formula is C27H32F3N7O3. The maximum Gasteiger partial charge on any atom is 0.451 e. The second kappa shape index (κ2) is 12.8. The van der Waals surface area contributed by atoms with Gasteiger partial charge in [-0.1, -0.05) is 12.1 Å². The van der Waals surface area contributed by atoms with Gasteiger partial charge in [-0.15, -0.1) is 0 Å². The number of rotatable bonds is 9. The van der Waals surface area contributed by atoms with Gasteiger partial charge in [-0.05, 0) is 62.1 Å². The third-order valence-electron chi connectivity index (χ3n) is 7.37. The van der Waals surface area contributed by atoms with Gasteiger partial charge < -0.3 is 25.5 Å². The summed E-state index contributed by atoms with van der Waals surface area (Å²) >= 11 is 0.